The minimum atomic E-state index is -0.780. The fourth-order valence-electron chi connectivity index (χ4n) is 10.3. The molecular formula is C64H56O12. The first-order valence-electron chi connectivity index (χ1n) is 25.4. The van der Waals surface area contributed by atoms with E-state index in [-0.39, 0.29) is 68.2 Å². The summed E-state index contributed by atoms with van der Waals surface area (Å²) in [4.78, 5) is 56.5. The Kier molecular flexibility index (Phi) is 15.3. The smallest absolute Gasteiger partial charge is 0.343 e. The van der Waals surface area contributed by atoms with Gasteiger partial charge in [-0.1, -0.05) is 100 Å². The highest BCUT2D eigenvalue weighted by molar-refractivity contribution is 5.94. The summed E-state index contributed by atoms with van der Waals surface area (Å²) in [7, 11) is 0. The molecule has 8 bridgehead atoms. The molecule has 0 heterocycles. The van der Waals surface area contributed by atoms with Crippen molar-refractivity contribution in [1.82, 2.24) is 0 Å². The number of hydrogen-bond donors (Lipinski definition) is 4. The second-order valence-electron chi connectivity index (χ2n) is 18.7. The van der Waals surface area contributed by atoms with Crippen molar-refractivity contribution in [3.63, 3.8) is 0 Å². The van der Waals surface area contributed by atoms with Gasteiger partial charge in [-0.2, -0.15) is 0 Å². The maximum absolute atomic E-state index is 14.1. The lowest BCUT2D eigenvalue weighted by molar-refractivity contribution is 0.0711. The molecule has 0 spiro atoms. The van der Waals surface area contributed by atoms with Crippen molar-refractivity contribution in [3.8, 4) is 46.0 Å². The van der Waals surface area contributed by atoms with Gasteiger partial charge in [-0.3, -0.25) is 0 Å². The monoisotopic (exact) mass is 1020 g/mol. The molecule has 12 heteroatoms. The molecule has 0 aromatic heterocycles. The third-order valence-corrected chi connectivity index (χ3v) is 14.1. The molecule has 0 saturated carbocycles. The van der Waals surface area contributed by atoms with Crippen LogP contribution in [0.15, 0.2) is 170 Å². The Hall–Kier alpha value is -9.16. The largest absolute Gasteiger partial charge is 0.508 e. The molecule has 12 nitrogen and oxygen atoms in total. The van der Waals surface area contributed by atoms with Gasteiger partial charge in [0.1, 0.15) is 46.0 Å². The molecule has 1 aliphatic carbocycles. The number of ether oxygens (including phenoxy) is 4. The van der Waals surface area contributed by atoms with Crippen molar-refractivity contribution < 1.29 is 58.6 Å². The Morgan fingerprint density at radius 2 is 0.500 bits per heavy atom. The van der Waals surface area contributed by atoms with Crippen molar-refractivity contribution in [2.75, 3.05) is 0 Å². The van der Waals surface area contributed by atoms with Crippen LogP contribution in [0.1, 0.15) is 163 Å². The number of phenolic OH excluding ortho intramolecular Hbond substituents is 4. The zero-order valence-electron chi connectivity index (χ0n) is 42.4. The summed E-state index contributed by atoms with van der Waals surface area (Å²) in [5.74, 6) is -7.00. The summed E-state index contributed by atoms with van der Waals surface area (Å²) in [5, 5.41) is 48.2. The molecular weight excluding hydrogens is 961 g/mol. The number of carbonyl (C=O) groups excluding carboxylic acids is 4. The molecule has 4 unspecified atom stereocenters. The molecule has 0 fully saturated rings. The van der Waals surface area contributed by atoms with Gasteiger partial charge in [-0.05, 0) is 98.5 Å². The van der Waals surface area contributed by atoms with Crippen molar-refractivity contribution in [1.29, 1.82) is 0 Å². The lowest BCUT2D eigenvalue weighted by atomic mass is 9.77. The lowest BCUT2D eigenvalue weighted by Gasteiger charge is -2.29. The number of hydrogen-bond acceptors (Lipinski definition) is 12. The fourth-order valence-corrected chi connectivity index (χ4v) is 10.3. The number of esters is 4. The highest BCUT2D eigenvalue weighted by Crippen LogP contribution is 2.52. The first kappa shape index (κ1) is 51.7. The molecule has 8 aromatic rings. The number of aromatic hydroxyl groups is 4. The highest BCUT2D eigenvalue weighted by atomic mass is 16.6. The molecule has 384 valence electrons. The van der Waals surface area contributed by atoms with Gasteiger partial charge in [0.15, 0.2) is 0 Å². The van der Waals surface area contributed by atoms with E-state index < -0.39 is 47.5 Å². The van der Waals surface area contributed by atoms with Crippen LogP contribution in [-0.2, 0) is 0 Å². The average Bonchev–Trinajstić information content (AvgIpc) is 3.45. The van der Waals surface area contributed by atoms with Gasteiger partial charge in [-0.25, -0.2) is 19.2 Å². The molecule has 0 aliphatic heterocycles. The third kappa shape index (κ3) is 10.5. The minimum Gasteiger partial charge on any atom is -0.508 e. The maximum atomic E-state index is 14.1. The Labute approximate surface area is 440 Å². The van der Waals surface area contributed by atoms with Crippen molar-refractivity contribution in [2.45, 2.75) is 77.0 Å². The third-order valence-electron chi connectivity index (χ3n) is 14.1. The van der Waals surface area contributed by atoms with Crippen molar-refractivity contribution in [2.24, 2.45) is 0 Å². The molecule has 4 N–H and O–H groups in total. The summed E-state index contributed by atoms with van der Waals surface area (Å²) in [6.07, 6.45) is 1.18. The standard InChI is InChI=1S/C64H56O12/c1-5-41-45-29-46(54(66)33-53(45)65)42(6-2)51-32-52(60(76-64(72)40-27-19-12-20-28-40)36-59(51)75-63(71)39-25-17-11-18-26-39)44(8-4)48-30-47(55(67)34-56(48)68)43(7-3)50-31-49(41)57(73-61(69)37-21-13-9-14-22-37)35-58(50)74-62(70)38-23-15-10-16-24-38/h9-36,41-44,65-68H,5-8H2,1-4H3. The van der Waals surface area contributed by atoms with Crippen LogP contribution in [-0.4, -0.2) is 44.3 Å². The quantitative estimate of drug-likeness (QED) is 0.0671. The summed E-state index contributed by atoms with van der Waals surface area (Å²) >= 11 is 0. The number of rotatable bonds is 12. The Morgan fingerprint density at radius 3 is 0.697 bits per heavy atom. The van der Waals surface area contributed by atoms with E-state index in [2.05, 4.69) is 0 Å². The molecule has 0 radical (unpaired) electrons. The molecule has 9 rings (SSSR count). The van der Waals surface area contributed by atoms with Crippen molar-refractivity contribution >= 4 is 23.9 Å². The van der Waals surface area contributed by atoms with E-state index in [0.717, 1.165) is 0 Å². The van der Waals surface area contributed by atoms with Crippen LogP contribution >= 0.6 is 0 Å². The van der Waals surface area contributed by atoms with Gasteiger partial charge in [0.2, 0.25) is 0 Å². The first-order valence-corrected chi connectivity index (χ1v) is 25.4. The Balaban J connectivity index is 1.36. The van der Waals surface area contributed by atoms with Crippen LogP contribution < -0.4 is 18.9 Å². The summed E-state index contributed by atoms with van der Waals surface area (Å²) in [6.45, 7) is 7.56. The van der Waals surface area contributed by atoms with Crippen molar-refractivity contribution in [3.05, 3.63) is 237 Å². The summed E-state index contributed by atoms with van der Waals surface area (Å²) in [6, 6.07) is 45.9. The van der Waals surface area contributed by atoms with Crippen LogP contribution in [0.4, 0.5) is 0 Å². The summed E-state index contributed by atoms with van der Waals surface area (Å²) in [5.41, 5.74) is 3.93. The maximum Gasteiger partial charge on any atom is 0.343 e. The average molecular weight is 1020 g/mol. The van der Waals surface area contributed by atoms with Crippen LogP contribution in [0.3, 0.4) is 0 Å². The number of benzene rings is 8. The Morgan fingerprint density at radius 1 is 0.303 bits per heavy atom. The summed E-state index contributed by atoms with van der Waals surface area (Å²) < 4.78 is 25.2. The SMILES string of the molecule is CCC1c2cc(c(O)cc2O)C(CC)c2cc(c(OC(=O)c3ccccc3)cc2OC(=O)c2ccccc2)C(CC)c2cc(c(O)cc2O)C(CC)c2cc1c(OC(=O)c1ccccc1)cc2OC(=O)c1ccccc1. The second kappa shape index (κ2) is 22.5. The molecule has 0 saturated heterocycles. The minimum absolute atomic E-state index is 0.0133. The molecule has 1 aliphatic rings. The van der Waals surface area contributed by atoms with Gasteiger partial charge in [0.05, 0.1) is 22.3 Å². The Bertz CT molecular complexity index is 3010. The molecule has 76 heavy (non-hydrogen) atoms. The van der Waals surface area contributed by atoms with E-state index in [0.29, 0.717) is 70.2 Å². The lowest BCUT2D eigenvalue weighted by Crippen LogP contribution is -2.17. The van der Waals surface area contributed by atoms with Gasteiger partial charge in [0, 0.05) is 92.4 Å². The normalized spacial score (nSPS) is 15.7. The molecule has 8 aromatic carbocycles. The van der Waals surface area contributed by atoms with Gasteiger partial charge in [-0.15, -0.1) is 0 Å². The predicted molar refractivity (Wildman–Crippen MR) is 287 cm³/mol. The first-order chi connectivity index (χ1) is 36.8. The van der Waals surface area contributed by atoms with Gasteiger partial charge < -0.3 is 39.4 Å². The van der Waals surface area contributed by atoms with E-state index in [1.807, 2.05) is 27.7 Å². The van der Waals surface area contributed by atoms with E-state index in [9.17, 15) is 39.6 Å². The zero-order chi connectivity index (χ0) is 53.6. The number of carbonyl (C=O) groups is 4. The van der Waals surface area contributed by atoms with E-state index >= 15 is 0 Å². The topological polar surface area (TPSA) is 186 Å². The molecule has 0 amide bonds. The fraction of sp³-hybridized carbons (Fsp3) is 0.188. The van der Waals surface area contributed by atoms with Gasteiger partial charge >= 0.3 is 23.9 Å². The number of fused-ring (bicyclic) bond motifs is 8. The van der Waals surface area contributed by atoms with Crippen LogP contribution in [0.2, 0.25) is 0 Å². The van der Waals surface area contributed by atoms with E-state index in [4.69, 9.17) is 18.9 Å². The molecule has 4 atom stereocenters. The van der Waals surface area contributed by atoms with Gasteiger partial charge in [0.25, 0.3) is 0 Å². The predicted octanol–water partition coefficient (Wildman–Crippen LogP) is 13.9. The van der Waals surface area contributed by atoms with E-state index in [1.165, 1.54) is 24.3 Å². The highest BCUT2D eigenvalue weighted by Gasteiger charge is 2.35. The van der Waals surface area contributed by atoms with Crippen LogP contribution in [0.5, 0.6) is 46.0 Å². The second-order valence-corrected chi connectivity index (χ2v) is 18.7. The number of phenols is 4. The van der Waals surface area contributed by atoms with Crippen LogP contribution in [0.25, 0.3) is 0 Å². The zero-order valence-corrected chi connectivity index (χ0v) is 42.4. The van der Waals surface area contributed by atoms with E-state index in [1.54, 1.807) is 146 Å². The van der Waals surface area contributed by atoms with Crippen LogP contribution in [0, 0.1) is 0 Å².